The molecule has 0 spiro atoms. The van der Waals surface area contributed by atoms with Gasteiger partial charge in [0.15, 0.2) is 0 Å². The molecule has 15 heavy (non-hydrogen) atoms. The molecule has 0 aromatic heterocycles. The molecule has 0 saturated heterocycles. The topological polar surface area (TPSA) is 140 Å². The lowest BCUT2D eigenvalue weighted by atomic mass is 10.5. The number of hydrogen-bond donors (Lipinski definition) is 5. The number of hydrogen-bond acceptors (Lipinski definition) is 6. The van der Waals surface area contributed by atoms with E-state index in [9.17, 15) is 4.57 Å². The number of nitrogens with zero attached hydrogens (tertiary/aromatic N) is 1. The first kappa shape index (κ1) is 15.1. The Morgan fingerprint density at radius 1 is 1.40 bits per heavy atom. The SMILES string of the molecule is COCCCN=C(P(=O)(O)O)[P+](O)(O)O. The van der Waals surface area contributed by atoms with Gasteiger partial charge in [0.2, 0.25) is 0 Å². The van der Waals surface area contributed by atoms with Gasteiger partial charge in [0.25, 0.3) is 0 Å². The molecule has 0 bridgehead atoms. The maximum atomic E-state index is 10.7. The summed E-state index contributed by atoms with van der Waals surface area (Å²) in [5.74, 6) is 0. The van der Waals surface area contributed by atoms with Crippen molar-refractivity contribution >= 4 is 20.7 Å². The van der Waals surface area contributed by atoms with Gasteiger partial charge < -0.3 is 14.5 Å². The summed E-state index contributed by atoms with van der Waals surface area (Å²) in [6.07, 6.45) is 0.347. The Kier molecular flexibility index (Phi) is 6.02. The van der Waals surface area contributed by atoms with Gasteiger partial charge in [-0.25, -0.2) is 9.56 Å². The standard InChI is InChI=1S/C5H13NO7P2/c1-13-4-2-3-6-5(14(7,8)9)15(10,11)12/h7-9H,2-4H2,1H3,(H-,10,11,12)/p+1. The van der Waals surface area contributed by atoms with Crippen molar-refractivity contribution in [2.75, 3.05) is 20.3 Å². The number of aliphatic imine (C=N–C) groups is 1. The predicted molar refractivity (Wildman–Crippen MR) is 54.4 cm³/mol. The van der Waals surface area contributed by atoms with Crippen molar-refractivity contribution in [3.8, 4) is 0 Å². The van der Waals surface area contributed by atoms with E-state index >= 15 is 0 Å². The molecule has 0 radical (unpaired) electrons. The maximum Gasteiger partial charge on any atom is 0.469 e. The van der Waals surface area contributed by atoms with Crippen molar-refractivity contribution < 1.29 is 33.8 Å². The van der Waals surface area contributed by atoms with Gasteiger partial charge in [-0.1, -0.05) is 0 Å². The highest BCUT2D eigenvalue weighted by Crippen LogP contribution is 2.60. The van der Waals surface area contributed by atoms with Gasteiger partial charge in [-0.05, 0) is 6.42 Å². The average molecular weight is 262 g/mol. The van der Waals surface area contributed by atoms with Gasteiger partial charge in [0, 0.05) is 20.3 Å². The van der Waals surface area contributed by atoms with Crippen LogP contribution >= 0.6 is 15.5 Å². The van der Waals surface area contributed by atoms with Crippen LogP contribution < -0.4 is 0 Å². The zero-order valence-corrected chi connectivity index (χ0v) is 9.80. The maximum absolute atomic E-state index is 10.7. The Hall–Kier alpha value is 0.0900. The minimum Gasteiger partial charge on any atom is -0.385 e. The van der Waals surface area contributed by atoms with Crippen molar-refractivity contribution in [3.63, 3.8) is 0 Å². The molecule has 0 aromatic rings. The highest BCUT2D eigenvalue weighted by atomic mass is 31.3. The Balaban J connectivity index is 4.60. The lowest BCUT2D eigenvalue weighted by molar-refractivity contribution is 0.197. The van der Waals surface area contributed by atoms with E-state index in [1.54, 1.807) is 0 Å². The molecule has 0 atom stereocenters. The molecule has 0 amide bonds. The molecule has 0 aliphatic rings. The summed E-state index contributed by atoms with van der Waals surface area (Å²) in [7, 11) is -8.25. The van der Waals surface area contributed by atoms with Gasteiger partial charge in [-0.3, -0.25) is 0 Å². The average Bonchev–Trinajstić information content (AvgIpc) is 1.99. The van der Waals surface area contributed by atoms with Crippen LogP contribution in [0.5, 0.6) is 0 Å². The monoisotopic (exact) mass is 262 g/mol. The van der Waals surface area contributed by atoms with E-state index in [-0.39, 0.29) is 6.54 Å². The summed E-state index contributed by atoms with van der Waals surface area (Å²) in [6.45, 7) is 0.239. The normalized spacial score (nSPS) is 14.4. The van der Waals surface area contributed by atoms with Gasteiger partial charge in [-0.15, -0.1) is 0 Å². The summed E-state index contributed by atoms with van der Waals surface area (Å²) in [4.78, 5) is 46.8. The third-order valence-corrected chi connectivity index (χ3v) is 4.22. The molecule has 0 aromatic carbocycles. The van der Waals surface area contributed by atoms with Gasteiger partial charge in [0.05, 0.1) is 0 Å². The third-order valence-electron chi connectivity index (χ3n) is 1.29. The molecule has 90 valence electrons. The molecular weight excluding hydrogens is 248 g/mol. The molecule has 0 aliphatic heterocycles. The zero-order chi connectivity index (χ0) is 12.1. The highest BCUT2D eigenvalue weighted by Gasteiger charge is 2.51. The number of ether oxygens (including phenoxy) is 1. The van der Waals surface area contributed by atoms with Crippen LogP contribution in [0.2, 0.25) is 0 Å². The second-order valence-corrected chi connectivity index (χ2v) is 6.07. The van der Waals surface area contributed by atoms with Crippen LogP contribution in [-0.2, 0) is 9.30 Å². The summed E-state index contributed by atoms with van der Waals surface area (Å²) in [5, 5.41) is -1.26. The fourth-order valence-electron chi connectivity index (χ4n) is 0.750. The molecule has 5 N–H and O–H groups in total. The van der Waals surface area contributed by atoms with Crippen LogP contribution in [0.25, 0.3) is 0 Å². The Bertz CT molecular complexity index is 267. The van der Waals surface area contributed by atoms with Crippen LogP contribution in [0.1, 0.15) is 6.42 Å². The van der Waals surface area contributed by atoms with Crippen molar-refractivity contribution in [2.24, 2.45) is 4.99 Å². The first-order chi connectivity index (χ1) is 6.69. The fraction of sp³-hybridized carbons (Fsp3) is 0.800. The molecule has 8 nitrogen and oxygen atoms in total. The second kappa shape index (κ2) is 5.98. The zero-order valence-electron chi connectivity index (χ0n) is 8.02. The Morgan fingerprint density at radius 2 is 1.93 bits per heavy atom. The molecule has 0 fully saturated rings. The first-order valence-electron chi connectivity index (χ1n) is 3.87. The van der Waals surface area contributed by atoms with E-state index in [4.69, 9.17) is 24.5 Å². The summed E-state index contributed by atoms with van der Waals surface area (Å²) in [5.41, 5.74) is 0. The van der Waals surface area contributed by atoms with E-state index in [1.807, 2.05) is 0 Å². The van der Waals surface area contributed by atoms with Crippen LogP contribution in [-0.4, -0.2) is 49.9 Å². The minimum absolute atomic E-state index is 0.0717. The molecular formula is C5H14NO7P2+. The molecule has 0 aliphatic carbocycles. The van der Waals surface area contributed by atoms with Crippen molar-refractivity contribution in [2.45, 2.75) is 6.42 Å². The predicted octanol–water partition coefficient (Wildman–Crippen LogP) is -0.704. The molecule has 0 unspecified atom stereocenters. The smallest absolute Gasteiger partial charge is 0.385 e. The lowest BCUT2D eigenvalue weighted by Gasteiger charge is -2.07. The van der Waals surface area contributed by atoms with Crippen molar-refractivity contribution in [1.82, 2.24) is 0 Å². The molecule has 10 heteroatoms. The van der Waals surface area contributed by atoms with Crippen LogP contribution in [0.15, 0.2) is 4.99 Å². The Morgan fingerprint density at radius 3 is 2.27 bits per heavy atom. The quantitative estimate of drug-likeness (QED) is 0.242. The first-order valence-corrected chi connectivity index (χ1v) is 7.13. The van der Waals surface area contributed by atoms with E-state index in [1.165, 1.54) is 7.11 Å². The third kappa shape index (κ3) is 6.29. The van der Waals surface area contributed by atoms with E-state index < -0.39 is 20.7 Å². The minimum atomic E-state index is -4.94. The van der Waals surface area contributed by atoms with E-state index in [2.05, 4.69) is 9.73 Å². The Labute approximate surface area is 87.0 Å². The molecule has 0 rings (SSSR count). The van der Waals surface area contributed by atoms with Gasteiger partial charge in [-0.2, -0.15) is 14.7 Å². The molecule has 0 saturated carbocycles. The van der Waals surface area contributed by atoms with E-state index in [0.29, 0.717) is 13.0 Å². The fourth-order valence-corrected chi connectivity index (χ4v) is 2.72. The summed E-state index contributed by atoms with van der Waals surface area (Å²) in [6, 6.07) is 0. The number of methoxy groups -OCH3 is 1. The van der Waals surface area contributed by atoms with E-state index in [0.717, 1.165) is 0 Å². The van der Waals surface area contributed by atoms with Crippen LogP contribution in [0.3, 0.4) is 0 Å². The van der Waals surface area contributed by atoms with Gasteiger partial charge >= 0.3 is 20.7 Å². The van der Waals surface area contributed by atoms with Crippen molar-refractivity contribution in [1.29, 1.82) is 0 Å². The lowest BCUT2D eigenvalue weighted by Crippen LogP contribution is -2.07. The highest BCUT2D eigenvalue weighted by molar-refractivity contribution is 8.00. The van der Waals surface area contributed by atoms with Crippen LogP contribution in [0.4, 0.5) is 0 Å². The molecule has 0 heterocycles. The van der Waals surface area contributed by atoms with Gasteiger partial charge in [0.1, 0.15) is 0 Å². The summed E-state index contributed by atoms with van der Waals surface area (Å²) >= 11 is 0. The second-order valence-electron chi connectivity index (χ2n) is 2.64. The largest absolute Gasteiger partial charge is 0.469 e. The van der Waals surface area contributed by atoms with Crippen molar-refractivity contribution in [3.05, 3.63) is 0 Å². The van der Waals surface area contributed by atoms with Crippen LogP contribution in [0, 0.1) is 0 Å². The number of rotatable bonds is 6. The summed E-state index contributed by atoms with van der Waals surface area (Å²) < 4.78 is 15.4.